The fraction of sp³-hybridized carbons (Fsp3) is 0.909. The van der Waals surface area contributed by atoms with Gasteiger partial charge in [0.2, 0.25) is 0 Å². The molecular weight excluding hydrogens is 194 g/mol. The maximum atomic E-state index is 11.4. The van der Waals surface area contributed by atoms with Crippen LogP contribution in [-0.2, 0) is 9.47 Å². The molecule has 0 saturated carbocycles. The number of carbonyl (C=O) groups excluding carboxylic acids is 1. The number of piperidine rings is 1. The van der Waals surface area contributed by atoms with Crippen molar-refractivity contribution in [3.63, 3.8) is 0 Å². The van der Waals surface area contributed by atoms with Gasteiger partial charge in [0, 0.05) is 0 Å². The van der Waals surface area contributed by atoms with Crippen molar-refractivity contribution in [3.8, 4) is 0 Å². The van der Waals surface area contributed by atoms with Gasteiger partial charge in [0.1, 0.15) is 6.10 Å². The van der Waals surface area contributed by atoms with Crippen molar-refractivity contribution in [1.82, 2.24) is 5.32 Å². The molecule has 1 atom stereocenters. The summed E-state index contributed by atoms with van der Waals surface area (Å²) in [5, 5.41) is 3.14. The van der Waals surface area contributed by atoms with E-state index < -0.39 is 6.16 Å². The van der Waals surface area contributed by atoms with Crippen molar-refractivity contribution in [2.75, 3.05) is 6.54 Å². The molecule has 1 heterocycles. The Morgan fingerprint density at radius 1 is 1.40 bits per heavy atom. The predicted molar refractivity (Wildman–Crippen MR) is 57.6 cm³/mol. The largest absolute Gasteiger partial charge is 0.510 e. The molecule has 1 N–H and O–H groups in total. The van der Waals surface area contributed by atoms with Gasteiger partial charge in [0.25, 0.3) is 0 Å². The first-order valence-electron chi connectivity index (χ1n) is 5.86. The topological polar surface area (TPSA) is 47.6 Å². The van der Waals surface area contributed by atoms with Crippen LogP contribution in [-0.4, -0.2) is 25.0 Å². The fourth-order valence-corrected chi connectivity index (χ4v) is 1.66. The Hall–Kier alpha value is -0.770. The zero-order chi connectivity index (χ0) is 11.1. The number of ether oxygens (including phenoxy) is 2. The molecule has 0 bridgehead atoms. The van der Waals surface area contributed by atoms with E-state index in [0.717, 1.165) is 38.6 Å². The highest BCUT2D eigenvalue weighted by atomic mass is 16.7. The molecule has 0 aromatic carbocycles. The minimum absolute atomic E-state index is 0.0129. The van der Waals surface area contributed by atoms with E-state index in [-0.39, 0.29) is 12.3 Å². The Bertz CT molecular complexity index is 186. The van der Waals surface area contributed by atoms with Gasteiger partial charge < -0.3 is 9.47 Å². The Morgan fingerprint density at radius 2 is 2.13 bits per heavy atom. The predicted octanol–water partition coefficient (Wildman–Crippen LogP) is 2.43. The summed E-state index contributed by atoms with van der Waals surface area (Å²) in [6.07, 6.45) is 4.12. The van der Waals surface area contributed by atoms with E-state index in [2.05, 4.69) is 5.32 Å². The normalized spacial score (nSPS) is 21.4. The third-order valence-electron chi connectivity index (χ3n) is 2.68. The molecule has 0 aromatic heterocycles. The minimum atomic E-state index is -0.539. The van der Waals surface area contributed by atoms with Crippen LogP contribution in [0.3, 0.4) is 0 Å². The van der Waals surface area contributed by atoms with Crippen LogP contribution >= 0.6 is 0 Å². The van der Waals surface area contributed by atoms with E-state index >= 15 is 0 Å². The Labute approximate surface area is 91.3 Å². The highest BCUT2D eigenvalue weighted by Crippen LogP contribution is 2.10. The van der Waals surface area contributed by atoms with E-state index in [1.165, 1.54) is 0 Å². The summed E-state index contributed by atoms with van der Waals surface area (Å²) in [5.74, 6) is 0. The Morgan fingerprint density at radius 3 is 2.67 bits per heavy atom. The first-order chi connectivity index (χ1) is 7.26. The lowest BCUT2D eigenvalue weighted by molar-refractivity contribution is -0.0195. The Balaban J connectivity index is 2.21. The molecule has 0 spiro atoms. The third kappa shape index (κ3) is 4.51. The van der Waals surface area contributed by atoms with E-state index in [0.29, 0.717) is 0 Å². The van der Waals surface area contributed by atoms with Crippen molar-refractivity contribution in [2.45, 2.75) is 58.3 Å². The van der Waals surface area contributed by atoms with Crippen LogP contribution in [0.25, 0.3) is 0 Å². The molecule has 1 aliphatic rings. The molecule has 1 unspecified atom stereocenters. The van der Waals surface area contributed by atoms with Crippen LogP contribution in [0.5, 0.6) is 0 Å². The van der Waals surface area contributed by atoms with Gasteiger partial charge >= 0.3 is 6.16 Å². The number of hydrogen-bond donors (Lipinski definition) is 1. The SMILES string of the molecule is CCC(CC)OC(=O)OC1CCCCN1. The van der Waals surface area contributed by atoms with Gasteiger partial charge in [0.15, 0.2) is 6.23 Å². The van der Waals surface area contributed by atoms with Crippen LogP contribution in [0.4, 0.5) is 4.79 Å². The monoisotopic (exact) mass is 215 g/mol. The number of rotatable bonds is 4. The summed E-state index contributed by atoms with van der Waals surface area (Å²) in [6, 6.07) is 0. The van der Waals surface area contributed by atoms with E-state index in [9.17, 15) is 4.79 Å². The summed E-state index contributed by atoms with van der Waals surface area (Å²) in [6.45, 7) is 4.92. The number of nitrogens with one attached hydrogen (secondary N) is 1. The van der Waals surface area contributed by atoms with Gasteiger partial charge in [-0.05, 0) is 38.6 Å². The van der Waals surface area contributed by atoms with E-state index in [1.807, 2.05) is 13.8 Å². The quantitative estimate of drug-likeness (QED) is 0.732. The molecule has 15 heavy (non-hydrogen) atoms. The maximum absolute atomic E-state index is 11.4. The first-order valence-corrected chi connectivity index (χ1v) is 5.86. The van der Waals surface area contributed by atoms with Crippen molar-refractivity contribution in [2.24, 2.45) is 0 Å². The summed E-state index contributed by atoms with van der Waals surface area (Å²) in [5.41, 5.74) is 0. The summed E-state index contributed by atoms with van der Waals surface area (Å²) >= 11 is 0. The van der Waals surface area contributed by atoms with Crippen LogP contribution in [0.1, 0.15) is 46.0 Å². The zero-order valence-electron chi connectivity index (χ0n) is 9.62. The molecule has 0 aliphatic carbocycles. The molecule has 1 saturated heterocycles. The van der Waals surface area contributed by atoms with Crippen LogP contribution in [0, 0.1) is 0 Å². The molecule has 0 amide bonds. The second kappa shape index (κ2) is 6.67. The lowest BCUT2D eigenvalue weighted by Gasteiger charge is -2.24. The van der Waals surface area contributed by atoms with Gasteiger partial charge in [-0.25, -0.2) is 4.79 Å². The van der Waals surface area contributed by atoms with Gasteiger partial charge in [-0.3, -0.25) is 5.32 Å². The first kappa shape index (κ1) is 12.3. The van der Waals surface area contributed by atoms with Crippen LogP contribution in [0.15, 0.2) is 0 Å². The van der Waals surface area contributed by atoms with Gasteiger partial charge in [-0.1, -0.05) is 13.8 Å². The highest BCUT2D eigenvalue weighted by molar-refractivity contribution is 5.60. The second-order valence-electron chi connectivity index (χ2n) is 3.86. The van der Waals surface area contributed by atoms with Crippen molar-refractivity contribution in [3.05, 3.63) is 0 Å². The molecule has 4 heteroatoms. The molecule has 1 fully saturated rings. The average Bonchev–Trinajstić information content (AvgIpc) is 2.27. The van der Waals surface area contributed by atoms with E-state index in [4.69, 9.17) is 9.47 Å². The second-order valence-corrected chi connectivity index (χ2v) is 3.86. The maximum Gasteiger partial charge on any atom is 0.510 e. The number of carbonyl (C=O) groups is 1. The van der Waals surface area contributed by atoms with Gasteiger partial charge in [-0.15, -0.1) is 0 Å². The molecule has 88 valence electrons. The summed E-state index contributed by atoms with van der Waals surface area (Å²) < 4.78 is 10.3. The lowest BCUT2D eigenvalue weighted by atomic mass is 10.1. The summed E-state index contributed by atoms with van der Waals surface area (Å²) in [7, 11) is 0. The van der Waals surface area contributed by atoms with Crippen LogP contribution in [0.2, 0.25) is 0 Å². The van der Waals surface area contributed by atoms with Gasteiger partial charge in [0.05, 0.1) is 0 Å². The lowest BCUT2D eigenvalue weighted by Crippen LogP contribution is -2.38. The molecule has 4 nitrogen and oxygen atoms in total. The summed E-state index contributed by atoms with van der Waals surface area (Å²) in [4.78, 5) is 11.4. The number of hydrogen-bond acceptors (Lipinski definition) is 4. The molecule has 0 radical (unpaired) electrons. The molecule has 1 aliphatic heterocycles. The zero-order valence-corrected chi connectivity index (χ0v) is 9.62. The average molecular weight is 215 g/mol. The Kier molecular flexibility index (Phi) is 5.47. The fourth-order valence-electron chi connectivity index (χ4n) is 1.66. The third-order valence-corrected chi connectivity index (χ3v) is 2.68. The standard InChI is InChI=1S/C11H21NO3/c1-3-9(4-2)14-11(13)15-10-7-5-6-8-12-10/h9-10,12H,3-8H2,1-2H3. The molecule has 1 rings (SSSR count). The van der Waals surface area contributed by atoms with Crippen molar-refractivity contribution >= 4 is 6.16 Å². The highest BCUT2D eigenvalue weighted by Gasteiger charge is 2.19. The molecular formula is C11H21NO3. The smallest absolute Gasteiger partial charge is 0.431 e. The van der Waals surface area contributed by atoms with Crippen molar-refractivity contribution in [1.29, 1.82) is 0 Å². The van der Waals surface area contributed by atoms with E-state index in [1.54, 1.807) is 0 Å². The molecule has 0 aromatic rings. The van der Waals surface area contributed by atoms with Gasteiger partial charge in [-0.2, -0.15) is 0 Å². The minimum Gasteiger partial charge on any atom is -0.431 e. The van der Waals surface area contributed by atoms with Crippen molar-refractivity contribution < 1.29 is 14.3 Å². The van der Waals surface area contributed by atoms with Crippen LogP contribution < -0.4 is 5.32 Å².